The maximum absolute atomic E-state index is 5.49. The quantitative estimate of drug-likeness (QED) is 0.768. The number of benzene rings is 1. The molecule has 3 aromatic rings. The lowest BCUT2D eigenvalue weighted by atomic mass is 10.2. The van der Waals surface area contributed by atoms with E-state index in [1.54, 1.807) is 12.5 Å². The third kappa shape index (κ3) is 2.54. The summed E-state index contributed by atoms with van der Waals surface area (Å²) in [4.78, 5) is 4.29. The van der Waals surface area contributed by atoms with E-state index < -0.39 is 0 Å². The Labute approximate surface area is 116 Å². The van der Waals surface area contributed by atoms with Crippen molar-refractivity contribution in [3.63, 3.8) is 0 Å². The SMILES string of the molecule is CCOc1cccc(CNc2nccn3cnnc23)c1. The van der Waals surface area contributed by atoms with Gasteiger partial charge in [0.25, 0.3) is 0 Å². The van der Waals surface area contributed by atoms with Gasteiger partial charge in [-0.15, -0.1) is 10.2 Å². The topological polar surface area (TPSA) is 64.3 Å². The number of fused-ring (bicyclic) bond motifs is 1. The van der Waals surface area contributed by atoms with Crippen molar-refractivity contribution in [2.24, 2.45) is 0 Å². The summed E-state index contributed by atoms with van der Waals surface area (Å²) in [5.74, 6) is 1.59. The molecular weight excluding hydrogens is 254 g/mol. The van der Waals surface area contributed by atoms with Gasteiger partial charge >= 0.3 is 0 Å². The van der Waals surface area contributed by atoms with Crippen molar-refractivity contribution in [3.05, 3.63) is 48.5 Å². The van der Waals surface area contributed by atoms with E-state index in [1.807, 2.05) is 41.8 Å². The first kappa shape index (κ1) is 12.4. The fourth-order valence-corrected chi connectivity index (χ4v) is 1.98. The van der Waals surface area contributed by atoms with Crippen LogP contribution in [0.5, 0.6) is 5.75 Å². The molecule has 0 bridgehead atoms. The summed E-state index contributed by atoms with van der Waals surface area (Å²) in [6.45, 7) is 3.29. The summed E-state index contributed by atoms with van der Waals surface area (Å²) in [5, 5.41) is 11.2. The molecule has 0 atom stereocenters. The van der Waals surface area contributed by atoms with Crippen LogP contribution in [0.25, 0.3) is 5.65 Å². The summed E-state index contributed by atoms with van der Waals surface area (Å²) >= 11 is 0. The molecule has 0 aliphatic rings. The van der Waals surface area contributed by atoms with Crippen LogP contribution in [0.15, 0.2) is 43.0 Å². The van der Waals surface area contributed by atoms with E-state index in [2.05, 4.69) is 20.5 Å². The second-order valence-electron chi connectivity index (χ2n) is 4.27. The molecule has 0 amide bonds. The summed E-state index contributed by atoms with van der Waals surface area (Å²) in [6.07, 6.45) is 5.18. The second kappa shape index (κ2) is 5.56. The smallest absolute Gasteiger partial charge is 0.203 e. The number of hydrogen-bond donors (Lipinski definition) is 1. The fraction of sp³-hybridized carbons (Fsp3) is 0.214. The van der Waals surface area contributed by atoms with Crippen molar-refractivity contribution in [3.8, 4) is 5.75 Å². The number of ether oxygens (including phenoxy) is 1. The second-order valence-corrected chi connectivity index (χ2v) is 4.27. The standard InChI is InChI=1S/C14H15N5O/c1-2-20-12-5-3-4-11(8-12)9-16-13-14-18-17-10-19(14)7-6-15-13/h3-8,10H,2,9H2,1H3,(H,15,16). The van der Waals surface area contributed by atoms with Gasteiger partial charge in [0.15, 0.2) is 5.82 Å². The van der Waals surface area contributed by atoms with Crippen LogP contribution < -0.4 is 10.1 Å². The summed E-state index contributed by atoms with van der Waals surface area (Å²) < 4.78 is 7.31. The highest BCUT2D eigenvalue weighted by molar-refractivity contribution is 5.61. The molecule has 6 heteroatoms. The van der Waals surface area contributed by atoms with Crippen LogP contribution >= 0.6 is 0 Å². The first-order valence-electron chi connectivity index (χ1n) is 6.47. The number of anilines is 1. The molecule has 3 rings (SSSR count). The van der Waals surface area contributed by atoms with Crippen molar-refractivity contribution in [1.82, 2.24) is 19.6 Å². The van der Waals surface area contributed by atoms with Gasteiger partial charge in [-0.25, -0.2) is 4.98 Å². The van der Waals surface area contributed by atoms with Gasteiger partial charge in [0.2, 0.25) is 5.65 Å². The molecule has 0 saturated carbocycles. The average Bonchev–Trinajstić information content (AvgIpc) is 2.95. The van der Waals surface area contributed by atoms with Gasteiger partial charge in [-0.3, -0.25) is 4.40 Å². The average molecular weight is 269 g/mol. The fourth-order valence-electron chi connectivity index (χ4n) is 1.98. The van der Waals surface area contributed by atoms with E-state index >= 15 is 0 Å². The lowest BCUT2D eigenvalue weighted by molar-refractivity contribution is 0.340. The Bertz CT molecular complexity index is 709. The van der Waals surface area contributed by atoms with E-state index in [0.717, 1.165) is 11.3 Å². The zero-order chi connectivity index (χ0) is 13.8. The number of aromatic nitrogens is 4. The molecule has 1 N–H and O–H groups in total. The van der Waals surface area contributed by atoms with Gasteiger partial charge < -0.3 is 10.1 Å². The number of hydrogen-bond acceptors (Lipinski definition) is 5. The third-order valence-electron chi connectivity index (χ3n) is 2.89. The Morgan fingerprint density at radius 2 is 2.30 bits per heavy atom. The Balaban J connectivity index is 1.76. The molecule has 1 aromatic carbocycles. The van der Waals surface area contributed by atoms with Gasteiger partial charge in [-0.1, -0.05) is 12.1 Å². The first-order chi connectivity index (χ1) is 9.86. The lowest BCUT2D eigenvalue weighted by Gasteiger charge is -2.08. The van der Waals surface area contributed by atoms with Crippen molar-refractivity contribution < 1.29 is 4.74 Å². The number of rotatable bonds is 5. The van der Waals surface area contributed by atoms with E-state index in [-0.39, 0.29) is 0 Å². The molecule has 102 valence electrons. The van der Waals surface area contributed by atoms with E-state index in [9.17, 15) is 0 Å². The van der Waals surface area contributed by atoms with E-state index in [0.29, 0.717) is 24.6 Å². The highest BCUT2D eigenvalue weighted by Gasteiger charge is 2.04. The minimum atomic E-state index is 0.653. The summed E-state index contributed by atoms with van der Waals surface area (Å²) in [7, 11) is 0. The zero-order valence-corrected chi connectivity index (χ0v) is 11.2. The predicted molar refractivity (Wildman–Crippen MR) is 75.7 cm³/mol. The zero-order valence-electron chi connectivity index (χ0n) is 11.2. The monoisotopic (exact) mass is 269 g/mol. The molecule has 0 radical (unpaired) electrons. The van der Waals surface area contributed by atoms with Crippen LogP contribution in [0.3, 0.4) is 0 Å². The number of nitrogens with one attached hydrogen (secondary N) is 1. The van der Waals surface area contributed by atoms with Gasteiger partial charge in [0.05, 0.1) is 6.61 Å². The van der Waals surface area contributed by atoms with Crippen LogP contribution in [-0.2, 0) is 6.54 Å². The molecule has 20 heavy (non-hydrogen) atoms. The highest BCUT2D eigenvalue weighted by atomic mass is 16.5. The minimum Gasteiger partial charge on any atom is -0.494 e. The predicted octanol–water partition coefficient (Wildman–Crippen LogP) is 2.14. The van der Waals surface area contributed by atoms with E-state index in [4.69, 9.17) is 4.74 Å². The molecule has 2 heterocycles. The van der Waals surface area contributed by atoms with Crippen LogP contribution in [-0.4, -0.2) is 26.2 Å². The Morgan fingerprint density at radius 3 is 3.20 bits per heavy atom. The molecule has 0 aliphatic carbocycles. The third-order valence-corrected chi connectivity index (χ3v) is 2.89. The molecule has 2 aromatic heterocycles. The van der Waals surface area contributed by atoms with Crippen molar-refractivity contribution in [2.75, 3.05) is 11.9 Å². The molecule has 0 unspecified atom stereocenters. The summed E-state index contributed by atoms with van der Waals surface area (Å²) in [5.41, 5.74) is 1.84. The normalized spacial score (nSPS) is 10.7. The molecule has 0 saturated heterocycles. The molecule has 0 aliphatic heterocycles. The number of nitrogens with zero attached hydrogens (tertiary/aromatic N) is 4. The van der Waals surface area contributed by atoms with Crippen molar-refractivity contribution in [1.29, 1.82) is 0 Å². The Morgan fingerprint density at radius 1 is 1.35 bits per heavy atom. The van der Waals surface area contributed by atoms with Gasteiger partial charge in [-0.05, 0) is 24.6 Å². The lowest BCUT2D eigenvalue weighted by Crippen LogP contribution is -2.04. The minimum absolute atomic E-state index is 0.653. The first-order valence-corrected chi connectivity index (χ1v) is 6.47. The van der Waals surface area contributed by atoms with Gasteiger partial charge in [0, 0.05) is 18.9 Å². The van der Waals surface area contributed by atoms with Crippen LogP contribution in [0.2, 0.25) is 0 Å². The largest absolute Gasteiger partial charge is 0.494 e. The highest BCUT2D eigenvalue weighted by Crippen LogP contribution is 2.15. The Kier molecular flexibility index (Phi) is 3.45. The van der Waals surface area contributed by atoms with Gasteiger partial charge in [0.1, 0.15) is 12.1 Å². The van der Waals surface area contributed by atoms with Crippen LogP contribution in [0.1, 0.15) is 12.5 Å². The van der Waals surface area contributed by atoms with Crippen LogP contribution in [0, 0.1) is 0 Å². The maximum atomic E-state index is 5.49. The van der Waals surface area contributed by atoms with E-state index in [1.165, 1.54) is 0 Å². The summed E-state index contributed by atoms with van der Waals surface area (Å²) in [6, 6.07) is 7.98. The van der Waals surface area contributed by atoms with Crippen molar-refractivity contribution >= 4 is 11.5 Å². The van der Waals surface area contributed by atoms with Crippen LogP contribution in [0.4, 0.5) is 5.82 Å². The molecule has 0 spiro atoms. The molecule has 6 nitrogen and oxygen atoms in total. The molecule has 0 fully saturated rings. The van der Waals surface area contributed by atoms with Crippen molar-refractivity contribution in [2.45, 2.75) is 13.5 Å². The maximum Gasteiger partial charge on any atom is 0.203 e. The Hall–Kier alpha value is -2.63. The molecular formula is C14H15N5O. The van der Waals surface area contributed by atoms with Gasteiger partial charge in [-0.2, -0.15) is 0 Å².